The second kappa shape index (κ2) is 4.99. The van der Waals surface area contributed by atoms with Crippen molar-refractivity contribution in [3.63, 3.8) is 0 Å². The summed E-state index contributed by atoms with van der Waals surface area (Å²) in [6, 6.07) is 0. The highest BCUT2D eigenvalue weighted by Gasteiger charge is 2.17. The van der Waals surface area contributed by atoms with Gasteiger partial charge in [-0.05, 0) is 13.0 Å². The van der Waals surface area contributed by atoms with Crippen LogP contribution in [0.1, 0.15) is 6.92 Å². The minimum absolute atomic E-state index is 0.0643. The van der Waals surface area contributed by atoms with Gasteiger partial charge in [-0.1, -0.05) is 6.58 Å². The number of nitrogens with zero attached hydrogens (tertiary/aromatic N) is 1. The number of hydrogen-bond donors (Lipinski definition) is 1. The lowest BCUT2D eigenvalue weighted by Gasteiger charge is -2.32. The van der Waals surface area contributed by atoms with Crippen LogP contribution in [0.2, 0.25) is 0 Å². The molecule has 1 saturated heterocycles. The van der Waals surface area contributed by atoms with Crippen LogP contribution in [0.15, 0.2) is 12.7 Å². The Balaban J connectivity index is 2.32. The van der Waals surface area contributed by atoms with Crippen molar-refractivity contribution in [1.29, 1.82) is 0 Å². The molecule has 1 atom stereocenters. The third kappa shape index (κ3) is 3.16. The molecular formula is C9H16N2O2. The number of morpholine rings is 1. The minimum Gasteiger partial charge on any atom is -0.379 e. The highest BCUT2D eigenvalue weighted by atomic mass is 16.5. The lowest BCUT2D eigenvalue weighted by atomic mass is 10.3. The van der Waals surface area contributed by atoms with Gasteiger partial charge in [0.1, 0.15) is 0 Å². The van der Waals surface area contributed by atoms with Crippen molar-refractivity contribution in [3.8, 4) is 0 Å². The van der Waals surface area contributed by atoms with Gasteiger partial charge in [0.2, 0.25) is 5.91 Å². The standard InChI is InChI=1S/C9H16N2O2/c1-3-9(12)10-8(2)11-4-6-13-7-5-11/h3,8H,1,4-7H2,2H3,(H,10,12). The molecule has 1 heterocycles. The maximum Gasteiger partial charge on any atom is 0.244 e. The van der Waals surface area contributed by atoms with E-state index in [0.29, 0.717) is 0 Å². The zero-order valence-electron chi connectivity index (χ0n) is 7.95. The number of nitrogens with one attached hydrogen (secondary N) is 1. The van der Waals surface area contributed by atoms with E-state index in [1.165, 1.54) is 6.08 Å². The predicted octanol–water partition coefficient (Wildman–Crippen LogP) is -0.0332. The Bertz CT molecular complexity index is 188. The fourth-order valence-corrected chi connectivity index (χ4v) is 1.32. The van der Waals surface area contributed by atoms with Crippen molar-refractivity contribution >= 4 is 5.91 Å². The number of rotatable bonds is 3. The summed E-state index contributed by atoms with van der Waals surface area (Å²) in [4.78, 5) is 13.1. The molecule has 13 heavy (non-hydrogen) atoms. The van der Waals surface area contributed by atoms with Gasteiger partial charge in [0.15, 0.2) is 0 Å². The molecule has 1 rings (SSSR count). The van der Waals surface area contributed by atoms with Crippen molar-refractivity contribution in [2.24, 2.45) is 0 Å². The summed E-state index contributed by atoms with van der Waals surface area (Å²) in [5.74, 6) is -0.126. The molecule has 0 spiro atoms. The fourth-order valence-electron chi connectivity index (χ4n) is 1.32. The lowest BCUT2D eigenvalue weighted by molar-refractivity contribution is -0.118. The molecule has 0 aromatic rings. The predicted molar refractivity (Wildman–Crippen MR) is 50.2 cm³/mol. The number of carbonyl (C=O) groups is 1. The second-order valence-corrected chi connectivity index (χ2v) is 3.04. The molecular weight excluding hydrogens is 168 g/mol. The van der Waals surface area contributed by atoms with Gasteiger partial charge in [-0.2, -0.15) is 0 Å². The molecule has 1 fully saturated rings. The Hall–Kier alpha value is -0.870. The van der Waals surface area contributed by atoms with E-state index in [1.54, 1.807) is 0 Å². The highest BCUT2D eigenvalue weighted by Crippen LogP contribution is 2.00. The quantitative estimate of drug-likeness (QED) is 0.626. The van der Waals surface area contributed by atoms with Gasteiger partial charge in [0, 0.05) is 13.1 Å². The van der Waals surface area contributed by atoms with E-state index >= 15 is 0 Å². The molecule has 0 aliphatic carbocycles. The van der Waals surface area contributed by atoms with E-state index in [9.17, 15) is 4.79 Å². The number of amides is 1. The van der Waals surface area contributed by atoms with Crippen molar-refractivity contribution < 1.29 is 9.53 Å². The third-order valence-electron chi connectivity index (χ3n) is 2.13. The molecule has 1 amide bonds. The molecule has 0 aromatic carbocycles. The molecule has 74 valence electrons. The van der Waals surface area contributed by atoms with Gasteiger partial charge in [-0.3, -0.25) is 9.69 Å². The Labute approximate surface area is 78.5 Å². The molecule has 0 aromatic heterocycles. The molecule has 4 nitrogen and oxygen atoms in total. The van der Waals surface area contributed by atoms with Crippen LogP contribution in [0.4, 0.5) is 0 Å². The Morgan fingerprint density at radius 1 is 1.62 bits per heavy atom. The SMILES string of the molecule is C=CC(=O)NC(C)N1CCOCC1. The Morgan fingerprint density at radius 3 is 2.77 bits per heavy atom. The zero-order chi connectivity index (χ0) is 9.68. The van der Waals surface area contributed by atoms with Gasteiger partial charge in [-0.25, -0.2) is 0 Å². The number of ether oxygens (including phenoxy) is 1. The van der Waals surface area contributed by atoms with Crippen LogP contribution in [-0.4, -0.2) is 43.3 Å². The van der Waals surface area contributed by atoms with E-state index in [2.05, 4.69) is 16.8 Å². The first kappa shape index (κ1) is 10.2. The zero-order valence-corrected chi connectivity index (χ0v) is 7.95. The highest BCUT2D eigenvalue weighted by molar-refractivity contribution is 5.86. The maximum absolute atomic E-state index is 11.0. The summed E-state index contributed by atoms with van der Waals surface area (Å²) in [5.41, 5.74) is 0. The lowest BCUT2D eigenvalue weighted by Crippen LogP contribution is -2.50. The first-order chi connectivity index (χ1) is 6.24. The first-order valence-corrected chi connectivity index (χ1v) is 4.49. The van der Waals surface area contributed by atoms with Crippen LogP contribution >= 0.6 is 0 Å². The molecule has 1 aliphatic rings. The van der Waals surface area contributed by atoms with Gasteiger partial charge < -0.3 is 10.1 Å². The van der Waals surface area contributed by atoms with Crippen LogP contribution in [0.3, 0.4) is 0 Å². The summed E-state index contributed by atoms with van der Waals surface area (Å²) in [5, 5.41) is 2.81. The smallest absolute Gasteiger partial charge is 0.244 e. The minimum atomic E-state index is -0.126. The first-order valence-electron chi connectivity index (χ1n) is 4.49. The Kier molecular flexibility index (Phi) is 3.92. The Morgan fingerprint density at radius 2 is 2.23 bits per heavy atom. The topological polar surface area (TPSA) is 41.6 Å². The number of hydrogen-bond acceptors (Lipinski definition) is 3. The fraction of sp³-hybridized carbons (Fsp3) is 0.667. The third-order valence-corrected chi connectivity index (χ3v) is 2.13. The monoisotopic (exact) mass is 184 g/mol. The normalized spacial score (nSPS) is 20.7. The molecule has 0 bridgehead atoms. The van der Waals surface area contributed by atoms with Crippen LogP contribution in [0, 0.1) is 0 Å². The summed E-state index contributed by atoms with van der Waals surface area (Å²) in [6.45, 7) is 8.60. The number of carbonyl (C=O) groups excluding carboxylic acids is 1. The van der Waals surface area contributed by atoms with E-state index in [4.69, 9.17) is 4.74 Å². The molecule has 4 heteroatoms. The van der Waals surface area contributed by atoms with E-state index < -0.39 is 0 Å². The van der Waals surface area contributed by atoms with Crippen LogP contribution in [0.25, 0.3) is 0 Å². The van der Waals surface area contributed by atoms with Crippen LogP contribution < -0.4 is 5.32 Å². The molecule has 1 aliphatic heterocycles. The van der Waals surface area contributed by atoms with E-state index in [-0.39, 0.29) is 12.1 Å². The van der Waals surface area contributed by atoms with Gasteiger partial charge in [0.05, 0.1) is 19.4 Å². The van der Waals surface area contributed by atoms with Gasteiger partial charge in [-0.15, -0.1) is 0 Å². The second-order valence-electron chi connectivity index (χ2n) is 3.04. The molecule has 0 radical (unpaired) electrons. The summed E-state index contributed by atoms with van der Waals surface area (Å²) >= 11 is 0. The average molecular weight is 184 g/mol. The molecule has 1 N–H and O–H groups in total. The van der Waals surface area contributed by atoms with Crippen molar-refractivity contribution in [1.82, 2.24) is 10.2 Å². The maximum atomic E-state index is 11.0. The van der Waals surface area contributed by atoms with E-state index in [0.717, 1.165) is 26.3 Å². The average Bonchev–Trinajstić information content (AvgIpc) is 2.19. The van der Waals surface area contributed by atoms with Crippen molar-refractivity contribution in [3.05, 3.63) is 12.7 Å². The largest absolute Gasteiger partial charge is 0.379 e. The van der Waals surface area contributed by atoms with Crippen LogP contribution in [0.5, 0.6) is 0 Å². The van der Waals surface area contributed by atoms with Gasteiger partial charge in [0.25, 0.3) is 0 Å². The van der Waals surface area contributed by atoms with Gasteiger partial charge >= 0.3 is 0 Å². The molecule has 1 unspecified atom stereocenters. The summed E-state index contributed by atoms with van der Waals surface area (Å²) < 4.78 is 5.21. The summed E-state index contributed by atoms with van der Waals surface area (Å²) in [7, 11) is 0. The van der Waals surface area contributed by atoms with Crippen molar-refractivity contribution in [2.45, 2.75) is 13.1 Å². The van der Waals surface area contributed by atoms with Crippen molar-refractivity contribution in [2.75, 3.05) is 26.3 Å². The summed E-state index contributed by atoms with van der Waals surface area (Å²) in [6.07, 6.45) is 1.35. The van der Waals surface area contributed by atoms with Crippen LogP contribution in [-0.2, 0) is 9.53 Å². The van der Waals surface area contributed by atoms with E-state index in [1.807, 2.05) is 6.92 Å². The molecule has 0 saturated carbocycles.